The van der Waals surface area contributed by atoms with Gasteiger partial charge in [-0.25, -0.2) is 0 Å². The predicted molar refractivity (Wildman–Crippen MR) is 113 cm³/mol. The van der Waals surface area contributed by atoms with Crippen LogP contribution in [0.3, 0.4) is 0 Å². The smallest absolute Gasteiger partial charge is 0.285 e. The van der Waals surface area contributed by atoms with Crippen molar-refractivity contribution in [1.82, 2.24) is 9.80 Å². The van der Waals surface area contributed by atoms with E-state index in [0.29, 0.717) is 24.5 Å². The molecule has 4 rings (SSSR count). The van der Waals surface area contributed by atoms with Gasteiger partial charge in [0.2, 0.25) is 5.91 Å². The molecule has 0 atom stereocenters. The molecular formula is C21H24N4O3S. The molecule has 1 amide bonds. The standard InChI is InChI=1S/C21H24N4O3S/c1-16-7-3-5-9-18(16)24-11-13-25(14-12-24)20(26)15-23(2)21-17-8-4-6-10-19(17)29(27,28)22-21/h3-10H,11-15H2,1-2H3. The Morgan fingerprint density at radius 2 is 1.69 bits per heavy atom. The molecule has 8 heteroatoms. The molecule has 2 heterocycles. The molecule has 0 bridgehead atoms. The number of hydrogen-bond acceptors (Lipinski definition) is 5. The quantitative estimate of drug-likeness (QED) is 0.768. The molecule has 152 valence electrons. The van der Waals surface area contributed by atoms with E-state index in [1.54, 1.807) is 36.2 Å². The lowest BCUT2D eigenvalue weighted by molar-refractivity contribution is -0.131. The third-order valence-corrected chi connectivity index (χ3v) is 6.76. The van der Waals surface area contributed by atoms with Gasteiger partial charge in [0.15, 0.2) is 5.84 Å². The minimum Gasteiger partial charge on any atom is -0.368 e. The second-order valence-electron chi connectivity index (χ2n) is 7.40. The normalized spacial score (nSPS) is 17.7. The van der Waals surface area contributed by atoms with Crippen LogP contribution in [0.1, 0.15) is 11.1 Å². The minimum atomic E-state index is -3.69. The van der Waals surface area contributed by atoms with Crippen molar-refractivity contribution in [3.8, 4) is 0 Å². The van der Waals surface area contributed by atoms with Crippen molar-refractivity contribution >= 4 is 27.5 Å². The first-order valence-electron chi connectivity index (χ1n) is 9.61. The molecule has 2 aromatic rings. The highest BCUT2D eigenvalue weighted by Crippen LogP contribution is 2.27. The number of piperazine rings is 1. The van der Waals surface area contributed by atoms with Crippen LogP contribution in [0.25, 0.3) is 0 Å². The van der Waals surface area contributed by atoms with Gasteiger partial charge in [-0.05, 0) is 30.7 Å². The van der Waals surface area contributed by atoms with Crippen molar-refractivity contribution < 1.29 is 13.2 Å². The summed E-state index contributed by atoms with van der Waals surface area (Å²) < 4.78 is 28.4. The number of amidine groups is 1. The number of hydrogen-bond donors (Lipinski definition) is 0. The zero-order valence-electron chi connectivity index (χ0n) is 16.6. The molecule has 0 N–H and O–H groups in total. The monoisotopic (exact) mass is 412 g/mol. The molecule has 0 spiro atoms. The average Bonchev–Trinajstić information content (AvgIpc) is 3.00. The van der Waals surface area contributed by atoms with Gasteiger partial charge in [-0.15, -0.1) is 4.40 Å². The van der Waals surface area contributed by atoms with Crippen molar-refractivity contribution in [2.45, 2.75) is 11.8 Å². The number of carbonyl (C=O) groups is 1. The van der Waals surface area contributed by atoms with E-state index in [4.69, 9.17) is 0 Å². The summed E-state index contributed by atoms with van der Waals surface area (Å²) in [5, 5.41) is 0. The minimum absolute atomic E-state index is 0.0265. The van der Waals surface area contributed by atoms with E-state index in [-0.39, 0.29) is 17.3 Å². The van der Waals surface area contributed by atoms with Crippen molar-refractivity contribution in [3.63, 3.8) is 0 Å². The van der Waals surface area contributed by atoms with Crippen LogP contribution >= 0.6 is 0 Å². The van der Waals surface area contributed by atoms with Gasteiger partial charge in [-0.2, -0.15) is 8.42 Å². The number of anilines is 1. The zero-order chi connectivity index (χ0) is 20.6. The number of carbonyl (C=O) groups excluding carboxylic acids is 1. The van der Waals surface area contributed by atoms with Crippen LogP contribution in [0.15, 0.2) is 57.8 Å². The Kier molecular flexibility index (Phi) is 5.04. The summed E-state index contributed by atoms with van der Waals surface area (Å²) in [5.74, 6) is 0.300. The fourth-order valence-electron chi connectivity index (χ4n) is 3.86. The predicted octanol–water partition coefficient (Wildman–Crippen LogP) is 1.72. The third kappa shape index (κ3) is 3.72. The second-order valence-corrected chi connectivity index (χ2v) is 8.97. The van der Waals surface area contributed by atoms with E-state index in [1.807, 2.05) is 17.0 Å². The molecule has 2 aliphatic heterocycles. The van der Waals surface area contributed by atoms with Gasteiger partial charge in [-0.3, -0.25) is 4.79 Å². The molecule has 0 aromatic heterocycles. The highest BCUT2D eigenvalue weighted by Gasteiger charge is 2.32. The summed E-state index contributed by atoms with van der Waals surface area (Å²) in [5.41, 5.74) is 2.98. The van der Waals surface area contributed by atoms with Crippen LogP contribution in [-0.4, -0.2) is 69.7 Å². The Hall–Kier alpha value is -2.87. The lowest BCUT2D eigenvalue weighted by Gasteiger charge is -2.37. The van der Waals surface area contributed by atoms with Gasteiger partial charge < -0.3 is 14.7 Å². The fraction of sp³-hybridized carbons (Fsp3) is 0.333. The van der Waals surface area contributed by atoms with Gasteiger partial charge >= 0.3 is 0 Å². The number of aryl methyl sites for hydroxylation is 1. The maximum Gasteiger partial charge on any atom is 0.285 e. The summed E-state index contributed by atoms with van der Waals surface area (Å²) in [6.45, 7) is 5.02. The van der Waals surface area contributed by atoms with E-state index in [9.17, 15) is 13.2 Å². The Labute approximate surface area is 171 Å². The van der Waals surface area contributed by atoms with Crippen molar-refractivity contribution in [2.75, 3.05) is 44.7 Å². The maximum atomic E-state index is 12.8. The summed E-state index contributed by atoms with van der Waals surface area (Å²) >= 11 is 0. The molecule has 0 saturated carbocycles. The molecule has 2 aliphatic rings. The largest absolute Gasteiger partial charge is 0.368 e. The Bertz CT molecular complexity index is 1070. The van der Waals surface area contributed by atoms with Crippen LogP contribution in [0.5, 0.6) is 0 Å². The number of sulfonamides is 1. The van der Waals surface area contributed by atoms with E-state index in [1.165, 1.54) is 11.3 Å². The number of likely N-dealkylation sites (N-methyl/N-ethyl adjacent to an activating group) is 1. The summed E-state index contributed by atoms with van der Waals surface area (Å²) in [7, 11) is -1.98. The molecule has 1 saturated heterocycles. The molecule has 29 heavy (non-hydrogen) atoms. The van der Waals surface area contributed by atoms with Gasteiger partial charge in [0, 0.05) is 44.5 Å². The van der Waals surface area contributed by atoms with E-state index < -0.39 is 10.0 Å². The number of nitrogens with zero attached hydrogens (tertiary/aromatic N) is 4. The van der Waals surface area contributed by atoms with E-state index in [2.05, 4.69) is 28.4 Å². The second kappa shape index (κ2) is 7.51. The van der Waals surface area contributed by atoms with Gasteiger partial charge in [0.25, 0.3) is 10.0 Å². The molecule has 2 aromatic carbocycles. The number of amides is 1. The average molecular weight is 413 g/mol. The molecule has 0 aliphatic carbocycles. The summed E-state index contributed by atoms with van der Waals surface area (Å²) in [6.07, 6.45) is 0. The molecular weight excluding hydrogens is 388 g/mol. The Morgan fingerprint density at radius 1 is 1.03 bits per heavy atom. The number of benzene rings is 2. The Balaban J connectivity index is 1.40. The molecule has 0 radical (unpaired) electrons. The summed E-state index contributed by atoms with van der Waals surface area (Å²) in [6, 6.07) is 15.0. The van der Waals surface area contributed by atoms with Crippen LogP contribution in [0, 0.1) is 6.92 Å². The SMILES string of the molecule is Cc1ccccc1N1CCN(C(=O)CN(C)C2=NS(=O)(=O)c3ccccc32)CC1. The zero-order valence-corrected chi connectivity index (χ0v) is 17.4. The Morgan fingerprint density at radius 3 is 2.41 bits per heavy atom. The van der Waals surface area contributed by atoms with Crippen LogP contribution in [0.2, 0.25) is 0 Å². The highest BCUT2D eigenvalue weighted by molar-refractivity contribution is 7.90. The van der Waals surface area contributed by atoms with Gasteiger partial charge in [0.05, 0.1) is 6.54 Å². The van der Waals surface area contributed by atoms with E-state index in [0.717, 1.165) is 13.1 Å². The molecule has 7 nitrogen and oxygen atoms in total. The first-order chi connectivity index (χ1) is 13.9. The molecule has 1 fully saturated rings. The van der Waals surface area contributed by atoms with Gasteiger partial charge in [0.1, 0.15) is 4.90 Å². The van der Waals surface area contributed by atoms with Crippen molar-refractivity contribution in [3.05, 3.63) is 59.7 Å². The summed E-state index contributed by atoms with van der Waals surface area (Å²) in [4.78, 5) is 18.8. The maximum absolute atomic E-state index is 12.8. The van der Waals surface area contributed by atoms with Crippen LogP contribution < -0.4 is 4.90 Å². The number of fused-ring (bicyclic) bond motifs is 1. The van der Waals surface area contributed by atoms with Crippen LogP contribution in [-0.2, 0) is 14.8 Å². The van der Waals surface area contributed by atoms with Crippen molar-refractivity contribution in [1.29, 1.82) is 0 Å². The topological polar surface area (TPSA) is 73.3 Å². The number of rotatable bonds is 3. The van der Waals surface area contributed by atoms with Crippen LogP contribution in [0.4, 0.5) is 5.69 Å². The molecule has 0 unspecified atom stereocenters. The number of para-hydroxylation sites is 1. The van der Waals surface area contributed by atoms with E-state index >= 15 is 0 Å². The van der Waals surface area contributed by atoms with Crippen molar-refractivity contribution in [2.24, 2.45) is 4.40 Å². The first-order valence-corrected chi connectivity index (χ1v) is 11.0. The van der Waals surface area contributed by atoms with Gasteiger partial charge in [-0.1, -0.05) is 30.3 Å². The lowest BCUT2D eigenvalue weighted by atomic mass is 10.1. The highest BCUT2D eigenvalue weighted by atomic mass is 32.2. The first kappa shape index (κ1) is 19.4. The fourth-order valence-corrected chi connectivity index (χ4v) is 5.11. The third-order valence-electron chi connectivity index (χ3n) is 5.44. The lowest BCUT2D eigenvalue weighted by Crippen LogP contribution is -2.51.